The molecule has 0 saturated heterocycles. The Bertz CT molecular complexity index is 1190. The number of carbonyl (C=O) groups is 2. The fraction of sp³-hybridized carbons (Fsp3) is 0.0833. The molecular weight excluding hydrogens is 436 g/mol. The first-order chi connectivity index (χ1) is 16.3. The smallest absolute Gasteiger partial charge is 0.335 e. The van der Waals surface area contributed by atoms with E-state index in [9.17, 15) is 9.59 Å². The van der Waals surface area contributed by atoms with Crippen LogP contribution in [0.3, 0.4) is 0 Å². The minimum atomic E-state index is -0.982. The lowest BCUT2D eigenvalue weighted by molar-refractivity contribution is 0.0686. The van der Waals surface area contributed by atoms with Gasteiger partial charge in [-0.05, 0) is 49.2 Å². The molecule has 3 aromatic rings. The van der Waals surface area contributed by atoms with Gasteiger partial charge in [-0.2, -0.15) is 0 Å². The molecule has 0 aliphatic heterocycles. The van der Waals surface area contributed by atoms with Crippen LogP contribution in [0.2, 0.25) is 0 Å². The minimum Gasteiger partial charge on any atom is -0.478 e. The topological polar surface area (TPSA) is 151 Å². The third-order valence-corrected chi connectivity index (χ3v) is 4.34. The van der Waals surface area contributed by atoms with Gasteiger partial charge in [0.25, 0.3) is 0 Å². The number of nitrogens with zero attached hydrogens (tertiary/aromatic N) is 6. The van der Waals surface area contributed by atoms with Gasteiger partial charge in [0, 0.05) is 36.0 Å². The number of hydrogen-bond acceptors (Lipinski definition) is 8. The second-order valence-corrected chi connectivity index (χ2v) is 7.06. The van der Waals surface area contributed by atoms with Crippen LogP contribution in [0.4, 0.5) is 0 Å². The summed E-state index contributed by atoms with van der Waals surface area (Å²) in [5, 5.41) is 33.9. The van der Waals surface area contributed by atoms with Crippen LogP contribution in [-0.4, -0.2) is 55.0 Å². The normalized spacial score (nSPS) is 12.4. The molecule has 1 aromatic heterocycles. The third kappa shape index (κ3) is 7.09. The average molecular weight is 456 g/mol. The first kappa shape index (κ1) is 23.8. The Hall–Kier alpha value is -4.86. The van der Waals surface area contributed by atoms with E-state index in [0.717, 1.165) is 11.1 Å². The summed E-state index contributed by atoms with van der Waals surface area (Å²) in [5.74, 6) is -1.39. The van der Waals surface area contributed by atoms with E-state index in [-0.39, 0.29) is 22.8 Å². The lowest BCUT2D eigenvalue weighted by Crippen LogP contribution is -1.99. The van der Waals surface area contributed by atoms with Crippen LogP contribution in [0.1, 0.15) is 57.3 Å². The summed E-state index contributed by atoms with van der Waals surface area (Å²) in [5.41, 5.74) is 3.15. The summed E-state index contributed by atoms with van der Waals surface area (Å²) in [6.07, 6.45) is 6.43. The molecule has 0 saturated carbocycles. The van der Waals surface area contributed by atoms with Gasteiger partial charge < -0.3 is 10.2 Å². The molecule has 0 aliphatic carbocycles. The van der Waals surface area contributed by atoms with Crippen molar-refractivity contribution in [2.75, 3.05) is 0 Å². The molecule has 10 nitrogen and oxygen atoms in total. The van der Waals surface area contributed by atoms with Crippen molar-refractivity contribution in [2.24, 2.45) is 9.98 Å². The van der Waals surface area contributed by atoms with Gasteiger partial charge in [0.15, 0.2) is 11.6 Å². The van der Waals surface area contributed by atoms with Crippen molar-refractivity contribution in [2.45, 2.75) is 13.8 Å². The van der Waals surface area contributed by atoms with Gasteiger partial charge in [-0.25, -0.2) is 9.59 Å². The highest BCUT2D eigenvalue weighted by Crippen LogP contribution is 2.07. The Morgan fingerprint density at radius 3 is 1.26 bits per heavy atom. The zero-order valence-corrected chi connectivity index (χ0v) is 18.3. The highest BCUT2D eigenvalue weighted by molar-refractivity contribution is 5.90. The van der Waals surface area contributed by atoms with Gasteiger partial charge >= 0.3 is 11.9 Å². The van der Waals surface area contributed by atoms with Gasteiger partial charge in [-0.1, -0.05) is 24.3 Å². The van der Waals surface area contributed by atoms with Crippen molar-refractivity contribution < 1.29 is 19.8 Å². The summed E-state index contributed by atoms with van der Waals surface area (Å²) in [4.78, 5) is 30.4. The largest absolute Gasteiger partial charge is 0.478 e. The standard InChI is InChI=1S/C24H20N6O4/c1-15(25-13-17-3-7-19(8-4-17)23(31)32)11-21-27-29-22(30-28-21)12-16(2)26-14-18-5-9-20(10-6-18)24(33)34/h3-14H,1-2H3,(H,31,32)(H,33,34)/b15-11+,16-12+,25-13+,26-14+. The monoisotopic (exact) mass is 456 g/mol. The van der Waals surface area contributed by atoms with Crippen LogP contribution in [0.15, 0.2) is 69.9 Å². The van der Waals surface area contributed by atoms with Gasteiger partial charge in [0.05, 0.1) is 11.1 Å². The Kier molecular flexibility index (Phi) is 7.79. The number of aliphatic imine (C=N–C) groups is 2. The Morgan fingerprint density at radius 1 is 0.647 bits per heavy atom. The van der Waals surface area contributed by atoms with Crippen molar-refractivity contribution >= 4 is 36.5 Å². The molecule has 3 rings (SSSR count). The average Bonchev–Trinajstić information content (AvgIpc) is 2.83. The van der Waals surface area contributed by atoms with Crippen molar-refractivity contribution in [1.29, 1.82) is 0 Å². The molecule has 0 fully saturated rings. The van der Waals surface area contributed by atoms with Crippen molar-refractivity contribution in [1.82, 2.24) is 20.4 Å². The molecule has 170 valence electrons. The molecule has 10 heteroatoms. The first-order valence-corrected chi connectivity index (χ1v) is 9.99. The van der Waals surface area contributed by atoms with Crippen LogP contribution in [0.25, 0.3) is 12.2 Å². The summed E-state index contributed by atoms with van der Waals surface area (Å²) >= 11 is 0. The van der Waals surface area contributed by atoms with Gasteiger partial charge in [0.2, 0.25) is 0 Å². The summed E-state index contributed by atoms with van der Waals surface area (Å²) in [6, 6.07) is 12.7. The van der Waals surface area contributed by atoms with Crippen molar-refractivity contribution in [3.63, 3.8) is 0 Å². The molecule has 34 heavy (non-hydrogen) atoms. The molecule has 0 amide bonds. The molecule has 0 unspecified atom stereocenters. The number of carboxylic acid groups (broad SMARTS) is 2. The molecule has 0 bridgehead atoms. The molecule has 0 atom stereocenters. The van der Waals surface area contributed by atoms with Crippen LogP contribution in [-0.2, 0) is 0 Å². The van der Waals surface area contributed by atoms with E-state index in [1.54, 1.807) is 62.7 Å². The maximum absolute atomic E-state index is 10.9. The van der Waals surface area contributed by atoms with Crippen LogP contribution in [0.5, 0.6) is 0 Å². The van der Waals surface area contributed by atoms with Crippen LogP contribution < -0.4 is 0 Å². The van der Waals surface area contributed by atoms with E-state index >= 15 is 0 Å². The molecule has 2 aromatic carbocycles. The predicted octanol–water partition coefficient (Wildman–Crippen LogP) is 3.62. The second-order valence-electron chi connectivity index (χ2n) is 7.06. The summed E-state index contributed by atoms with van der Waals surface area (Å²) < 4.78 is 0. The van der Waals surface area contributed by atoms with E-state index in [1.165, 1.54) is 24.3 Å². The number of rotatable bonds is 8. The first-order valence-electron chi connectivity index (χ1n) is 9.99. The molecule has 0 aliphatic rings. The Morgan fingerprint density at radius 2 is 0.971 bits per heavy atom. The van der Waals surface area contributed by atoms with Crippen LogP contribution in [0, 0.1) is 0 Å². The third-order valence-electron chi connectivity index (χ3n) is 4.34. The van der Waals surface area contributed by atoms with E-state index in [0.29, 0.717) is 11.4 Å². The highest BCUT2D eigenvalue weighted by atomic mass is 16.4. The Labute approximate surface area is 194 Å². The molecule has 0 spiro atoms. The number of aromatic carboxylic acids is 2. The number of carboxylic acids is 2. The quantitative estimate of drug-likeness (QED) is 0.488. The molecule has 1 heterocycles. The van der Waals surface area contributed by atoms with Gasteiger partial charge in [-0.15, -0.1) is 20.4 Å². The SMILES string of the molecule is CC(=C\c1nnc(/C=C(C)/N=C/c2ccc(C(=O)O)cc2)nn1)/N=C/c1ccc(C(=O)O)cc1. The van der Waals surface area contributed by atoms with E-state index in [4.69, 9.17) is 10.2 Å². The number of aromatic nitrogens is 4. The minimum absolute atomic E-state index is 0.208. The summed E-state index contributed by atoms with van der Waals surface area (Å²) in [6.45, 7) is 3.53. The maximum atomic E-state index is 10.9. The van der Waals surface area contributed by atoms with E-state index < -0.39 is 11.9 Å². The fourth-order valence-electron chi connectivity index (χ4n) is 2.58. The summed E-state index contributed by atoms with van der Waals surface area (Å²) in [7, 11) is 0. The predicted molar refractivity (Wildman–Crippen MR) is 127 cm³/mol. The highest BCUT2D eigenvalue weighted by Gasteiger charge is 2.02. The Balaban J connectivity index is 1.61. The second kappa shape index (κ2) is 11.1. The number of hydrogen-bond donors (Lipinski definition) is 2. The van der Waals surface area contributed by atoms with Crippen molar-refractivity contribution in [3.05, 3.63) is 93.8 Å². The zero-order chi connectivity index (χ0) is 24.5. The number of benzene rings is 2. The molecular formula is C24H20N6O4. The molecule has 2 N–H and O–H groups in total. The fourth-order valence-corrected chi connectivity index (χ4v) is 2.58. The maximum Gasteiger partial charge on any atom is 0.335 e. The van der Waals surface area contributed by atoms with Gasteiger partial charge in [-0.3, -0.25) is 9.98 Å². The number of allylic oxidation sites excluding steroid dienone is 2. The van der Waals surface area contributed by atoms with Gasteiger partial charge in [0.1, 0.15) is 0 Å². The zero-order valence-electron chi connectivity index (χ0n) is 18.3. The lowest BCUT2D eigenvalue weighted by Gasteiger charge is -1.97. The van der Waals surface area contributed by atoms with E-state index in [1.807, 2.05) is 0 Å². The molecule has 0 radical (unpaired) electrons. The lowest BCUT2D eigenvalue weighted by atomic mass is 10.1. The van der Waals surface area contributed by atoms with Crippen molar-refractivity contribution in [3.8, 4) is 0 Å². The van der Waals surface area contributed by atoms with E-state index in [2.05, 4.69) is 30.4 Å². The van der Waals surface area contributed by atoms with Crippen LogP contribution >= 0.6 is 0 Å².